The number of carbonyl (C=O) groups is 3. The molecule has 0 heterocycles. The Morgan fingerprint density at radius 1 is 0.941 bits per heavy atom. The summed E-state index contributed by atoms with van der Waals surface area (Å²) < 4.78 is 17.6. The van der Waals surface area contributed by atoms with Gasteiger partial charge in [-0.2, -0.15) is 0 Å². The van der Waals surface area contributed by atoms with Crippen molar-refractivity contribution in [3.05, 3.63) is 12.2 Å². The normalized spacial score (nSPS) is 46.6. The van der Waals surface area contributed by atoms with Gasteiger partial charge in [0.2, 0.25) is 0 Å². The zero-order valence-corrected chi connectivity index (χ0v) is 21.0. The highest BCUT2D eigenvalue weighted by atomic mass is 16.6. The number of ether oxygens (including phenoxy) is 3. The molecule has 4 aliphatic carbocycles. The van der Waals surface area contributed by atoms with E-state index in [9.17, 15) is 24.6 Å². The number of hydrogen-bond acceptors (Lipinski definition) is 8. The van der Waals surface area contributed by atoms with Gasteiger partial charge in [0.05, 0.1) is 12.2 Å². The van der Waals surface area contributed by atoms with Gasteiger partial charge in [0.15, 0.2) is 0 Å². The van der Waals surface area contributed by atoms with Crippen molar-refractivity contribution in [2.75, 3.05) is 0 Å². The number of carbonyl (C=O) groups excluding carboxylic acids is 3. The molecule has 0 aromatic rings. The maximum absolute atomic E-state index is 12.4. The van der Waals surface area contributed by atoms with Crippen molar-refractivity contribution >= 4 is 17.9 Å². The number of aliphatic hydroxyl groups excluding tert-OH is 2. The van der Waals surface area contributed by atoms with Gasteiger partial charge in [-0.25, -0.2) is 0 Å². The highest BCUT2D eigenvalue weighted by Gasteiger charge is 2.77. The second-order valence-corrected chi connectivity index (χ2v) is 11.8. The lowest BCUT2D eigenvalue weighted by molar-refractivity contribution is -0.303. The van der Waals surface area contributed by atoms with Crippen LogP contribution >= 0.6 is 0 Å². The third kappa shape index (κ3) is 3.35. The number of fused-ring (bicyclic) bond motifs is 3. The minimum Gasteiger partial charge on any atom is -0.462 e. The molecule has 0 aliphatic heterocycles. The molecule has 8 nitrogen and oxygen atoms in total. The highest BCUT2D eigenvalue weighted by Crippen LogP contribution is 2.73. The van der Waals surface area contributed by atoms with Crippen molar-refractivity contribution in [3.8, 4) is 0 Å². The number of esters is 3. The number of aliphatic hydroxyl groups is 2. The topological polar surface area (TPSA) is 119 Å². The Hall–Kier alpha value is -1.93. The highest BCUT2D eigenvalue weighted by molar-refractivity contribution is 5.68. The van der Waals surface area contributed by atoms with Gasteiger partial charge in [-0.05, 0) is 42.6 Å². The van der Waals surface area contributed by atoms with E-state index in [4.69, 9.17) is 14.2 Å². The Balaban J connectivity index is 1.96. The molecule has 8 heteroatoms. The second-order valence-electron chi connectivity index (χ2n) is 11.8. The van der Waals surface area contributed by atoms with E-state index >= 15 is 0 Å². The van der Waals surface area contributed by atoms with Gasteiger partial charge in [-0.1, -0.05) is 27.4 Å². The van der Waals surface area contributed by atoms with E-state index < -0.39 is 76.5 Å². The predicted octanol–water partition coefficient (Wildman–Crippen LogP) is 2.54. The molecule has 2 N–H and O–H groups in total. The van der Waals surface area contributed by atoms with E-state index in [2.05, 4.69) is 13.5 Å². The molecule has 0 amide bonds. The molecule has 2 bridgehead atoms. The smallest absolute Gasteiger partial charge is 0.303 e. The van der Waals surface area contributed by atoms with Crippen LogP contribution in [0, 0.1) is 34.0 Å². The maximum atomic E-state index is 12.4. The molecule has 10 atom stereocenters. The minimum atomic E-state index is -1.03. The van der Waals surface area contributed by atoms with Crippen molar-refractivity contribution in [2.45, 2.75) is 97.7 Å². The molecule has 4 rings (SSSR count). The van der Waals surface area contributed by atoms with Crippen LogP contribution in [0.2, 0.25) is 0 Å². The monoisotopic (exact) mass is 478 g/mol. The van der Waals surface area contributed by atoms with Crippen LogP contribution in [0.4, 0.5) is 0 Å². The van der Waals surface area contributed by atoms with Crippen LogP contribution in [0.25, 0.3) is 0 Å². The van der Waals surface area contributed by atoms with Crippen LogP contribution in [0.3, 0.4) is 0 Å². The molecule has 0 unspecified atom stereocenters. The van der Waals surface area contributed by atoms with Crippen LogP contribution in [-0.4, -0.2) is 58.6 Å². The molecule has 4 aliphatic rings. The minimum absolute atomic E-state index is 0.108. The first-order chi connectivity index (χ1) is 15.7. The molecule has 0 aromatic heterocycles. The third-order valence-corrected chi connectivity index (χ3v) is 9.53. The second kappa shape index (κ2) is 8.05. The molecule has 0 radical (unpaired) electrons. The molecule has 4 fully saturated rings. The number of rotatable bonds is 3. The summed E-state index contributed by atoms with van der Waals surface area (Å²) in [5.41, 5.74) is -1.65. The summed E-state index contributed by atoms with van der Waals surface area (Å²) in [5.74, 6) is -2.41. The number of hydrogen-bond donors (Lipinski definition) is 2. The van der Waals surface area contributed by atoms with E-state index in [0.717, 1.165) is 0 Å². The van der Waals surface area contributed by atoms with Crippen molar-refractivity contribution in [1.29, 1.82) is 0 Å². The predicted molar refractivity (Wildman–Crippen MR) is 121 cm³/mol. The van der Waals surface area contributed by atoms with E-state index in [-0.39, 0.29) is 5.92 Å². The van der Waals surface area contributed by atoms with Crippen LogP contribution < -0.4 is 0 Å². The lowest BCUT2D eigenvalue weighted by Crippen LogP contribution is -2.74. The van der Waals surface area contributed by atoms with E-state index in [0.29, 0.717) is 31.3 Å². The van der Waals surface area contributed by atoms with E-state index in [1.165, 1.54) is 20.8 Å². The van der Waals surface area contributed by atoms with Gasteiger partial charge in [0.1, 0.15) is 18.3 Å². The summed E-state index contributed by atoms with van der Waals surface area (Å²) in [5, 5.41) is 23.1. The summed E-state index contributed by atoms with van der Waals surface area (Å²) in [6.07, 6.45) is -1.91. The third-order valence-electron chi connectivity index (χ3n) is 9.53. The lowest BCUT2D eigenvalue weighted by atomic mass is 9.38. The molecular formula is C26H38O8. The Morgan fingerprint density at radius 2 is 1.53 bits per heavy atom. The summed E-state index contributed by atoms with van der Waals surface area (Å²) in [6.45, 7) is 14.1. The lowest BCUT2D eigenvalue weighted by Gasteiger charge is -2.69. The SMILES string of the molecule is C=C1[C@@H]2C[C@H](O)[C@H]3[C@]4(C)CC[C@H](OC(C)=O)C(C)(C)[C@H]4[C@@H](OC(C)=O)[C@H](OC(C)=O)[C@]3(C2)[C@@H]1O. The van der Waals surface area contributed by atoms with Gasteiger partial charge in [0.25, 0.3) is 0 Å². The van der Waals surface area contributed by atoms with E-state index in [1.54, 1.807) is 0 Å². The molecule has 190 valence electrons. The largest absolute Gasteiger partial charge is 0.462 e. The summed E-state index contributed by atoms with van der Waals surface area (Å²) >= 11 is 0. The molecular weight excluding hydrogens is 440 g/mol. The Kier molecular flexibility index (Phi) is 5.96. The van der Waals surface area contributed by atoms with Crippen LogP contribution in [0.5, 0.6) is 0 Å². The van der Waals surface area contributed by atoms with Crippen molar-refractivity contribution in [2.24, 2.45) is 34.0 Å². The van der Waals surface area contributed by atoms with Crippen molar-refractivity contribution < 1.29 is 38.8 Å². The van der Waals surface area contributed by atoms with Gasteiger partial charge >= 0.3 is 17.9 Å². The molecule has 34 heavy (non-hydrogen) atoms. The standard InChI is InChI=1S/C26H38O8/c1-12-16-10-17(30)20-25(7)9-8-18(32-13(2)27)24(5,6)21(25)19(33-14(3)28)23(34-15(4)29)26(20,11-16)22(12)31/h16-23,30-31H,1,8-11H2,2-7H3/t16-,17+,18+,19-,20+,21-,22-,23+,25+,26+/m1/s1. The Bertz CT molecular complexity index is 910. The summed E-state index contributed by atoms with van der Waals surface area (Å²) in [4.78, 5) is 36.7. The van der Waals surface area contributed by atoms with Gasteiger partial charge in [-0.15, -0.1) is 0 Å². The summed E-state index contributed by atoms with van der Waals surface area (Å²) in [6, 6.07) is 0. The molecule has 0 saturated heterocycles. The maximum Gasteiger partial charge on any atom is 0.303 e. The molecule has 0 aromatic carbocycles. The van der Waals surface area contributed by atoms with Crippen LogP contribution in [0.1, 0.15) is 67.2 Å². The average molecular weight is 479 g/mol. The average Bonchev–Trinajstić information content (AvgIpc) is 2.88. The zero-order valence-electron chi connectivity index (χ0n) is 21.0. The van der Waals surface area contributed by atoms with Crippen molar-refractivity contribution in [1.82, 2.24) is 0 Å². The molecule has 1 spiro atoms. The van der Waals surface area contributed by atoms with Crippen LogP contribution in [0.15, 0.2) is 12.2 Å². The first-order valence-corrected chi connectivity index (χ1v) is 12.2. The first-order valence-electron chi connectivity index (χ1n) is 12.2. The van der Waals surface area contributed by atoms with Gasteiger partial charge in [-0.3, -0.25) is 14.4 Å². The van der Waals surface area contributed by atoms with Crippen LogP contribution in [-0.2, 0) is 28.6 Å². The Labute approximate surface area is 201 Å². The van der Waals surface area contributed by atoms with Gasteiger partial charge in [0, 0.05) is 43.4 Å². The van der Waals surface area contributed by atoms with Crippen molar-refractivity contribution in [3.63, 3.8) is 0 Å². The fraction of sp³-hybridized carbons (Fsp3) is 0.808. The Morgan fingerprint density at radius 3 is 2.09 bits per heavy atom. The zero-order chi connectivity index (χ0) is 25.4. The molecule has 4 saturated carbocycles. The quantitative estimate of drug-likeness (QED) is 0.361. The van der Waals surface area contributed by atoms with Gasteiger partial charge < -0.3 is 24.4 Å². The fourth-order valence-corrected chi connectivity index (χ4v) is 8.79. The fourth-order valence-electron chi connectivity index (χ4n) is 8.79. The van der Waals surface area contributed by atoms with E-state index in [1.807, 2.05) is 13.8 Å². The summed E-state index contributed by atoms with van der Waals surface area (Å²) in [7, 11) is 0. The first kappa shape index (κ1) is 25.2.